The Bertz CT molecular complexity index is 1230. The third kappa shape index (κ3) is 4.43. The second-order valence-electron chi connectivity index (χ2n) is 9.09. The summed E-state index contributed by atoms with van der Waals surface area (Å²) in [6.45, 7) is 0.566. The van der Waals surface area contributed by atoms with Crippen LogP contribution in [0, 0.1) is 5.92 Å². The monoisotopic (exact) mass is 491 g/mol. The van der Waals surface area contributed by atoms with E-state index >= 15 is 0 Å². The van der Waals surface area contributed by atoms with E-state index < -0.39 is 23.5 Å². The number of likely N-dealkylation sites (tertiary alicyclic amines) is 1. The van der Waals surface area contributed by atoms with Crippen LogP contribution in [-0.2, 0) is 31.2 Å². The lowest BCUT2D eigenvalue weighted by Gasteiger charge is -2.56. The van der Waals surface area contributed by atoms with Gasteiger partial charge in [0.25, 0.3) is 0 Å². The number of β-lactam (4-membered cyclic amide) rings is 1. The second kappa shape index (κ2) is 10.8. The summed E-state index contributed by atoms with van der Waals surface area (Å²) >= 11 is 0. The van der Waals surface area contributed by atoms with Crippen LogP contribution in [0.2, 0.25) is 0 Å². The molecule has 0 bridgehead atoms. The van der Waals surface area contributed by atoms with Crippen molar-refractivity contribution in [3.63, 3.8) is 0 Å². The average Bonchev–Trinajstić information content (AvgIpc) is 2.97. The van der Waals surface area contributed by atoms with Crippen molar-refractivity contribution in [2.24, 2.45) is 5.92 Å². The van der Waals surface area contributed by atoms with Crippen LogP contribution in [0.15, 0.2) is 121 Å². The Hall–Kier alpha value is -4.22. The zero-order chi connectivity index (χ0) is 25.7. The van der Waals surface area contributed by atoms with Crippen molar-refractivity contribution in [1.29, 1.82) is 0 Å². The first-order chi connectivity index (χ1) is 18.2. The first kappa shape index (κ1) is 24.5. The molecule has 1 aliphatic heterocycles. The molecule has 4 aromatic rings. The molecular formula is C32H29NO4. The molecule has 0 unspecified atom stereocenters. The van der Waals surface area contributed by atoms with Gasteiger partial charge in [0.1, 0.15) is 5.54 Å². The topological polar surface area (TPSA) is 55.8 Å². The van der Waals surface area contributed by atoms with Gasteiger partial charge in [-0.1, -0.05) is 121 Å². The van der Waals surface area contributed by atoms with Gasteiger partial charge in [-0.25, -0.2) is 0 Å². The molecule has 0 saturated carbocycles. The van der Waals surface area contributed by atoms with E-state index in [1.807, 2.05) is 126 Å². The fourth-order valence-electron chi connectivity index (χ4n) is 5.34. The third-order valence-electron chi connectivity index (χ3n) is 7.01. The molecule has 0 aliphatic carbocycles. The molecule has 5 nitrogen and oxygen atoms in total. The largest absolute Gasteiger partial charge is 0.468 e. The number of rotatable bonds is 9. The lowest BCUT2D eigenvalue weighted by Crippen LogP contribution is -2.72. The van der Waals surface area contributed by atoms with E-state index in [2.05, 4.69) is 0 Å². The zero-order valence-corrected chi connectivity index (χ0v) is 20.7. The summed E-state index contributed by atoms with van der Waals surface area (Å²) in [6, 6.07) is 39.2. The summed E-state index contributed by atoms with van der Waals surface area (Å²) in [4.78, 5) is 28.6. The summed E-state index contributed by atoms with van der Waals surface area (Å²) < 4.78 is 11.2. The Labute approximate surface area is 217 Å². The molecule has 0 radical (unpaired) electrons. The Morgan fingerprint density at radius 3 is 1.59 bits per heavy atom. The van der Waals surface area contributed by atoms with E-state index in [1.54, 1.807) is 0 Å². The quantitative estimate of drug-likeness (QED) is 0.140. The van der Waals surface area contributed by atoms with Gasteiger partial charge in [0.05, 0.1) is 26.4 Å². The van der Waals surface area contributed by atoms with Crippen LogP contribution in [0.25, 0.3) is 0 Å². The minimum absolute atomic E-state index is 0.189. The highest BCUT2D eigenvalue weighted by atomic mass is 16.5. The SMILES string of the molecule is COC(=O)[C@H]1C(=O)N(C(c2ccccc2)(c2ccccc2)c2ccccc2)[C@@H]1COCc1ccccc1. The van der Waals surface area contributed by atoms with Gasteiger partial charge in [0, 0.05) is 0 Å². The smallest absolute Gasteiger partial charge is 0.320 e. The number of carbonyl (C=O) groups excluding carboxylic acids is 2. The molecule has 5 heteroatoms. The van der Waals surface area contributed by atoms with Gasteiger partial charge >= 0.3 is 5.97 Å². The third-order valence-corrected chi connectivity index (χ3v) is 7.01. The minimum Gasteiger partial charge on any atom is -0.468 e. The molecule has 0 spiro atoms. The van der Waals surface area contributed by atoms with E-state index in [0.717, 1.165) is 22.3 Å². The van der Waals surface area contributed by atoms with Gasteiger partial charge in [-0.05, 0) is 22.3 Å². The maximum absolute atomic E-state index is 13.9. The maximum Gasteiger partial charge on any atom is 0.320 e. The van der Waals surface area contributed by atoms with Crippen LogP contribution in [0.1, 0.15) is 22.3 Å². The molecule has 1 saturated heterocycles. The molecule has 2 atom stereocenters. The number of methoxy groups -OCH3 is 1. The lowest BCUT2D eigenvalue weighted by molar-refractivity contribution is -0.182. The normalized spacial score (nSPS) is 17.2. The molecule has 1 fully saturated rings. The van der Waals surface area contributed by atoms with Crippen molar-refractivity contribution < 1.29 is 19.1 Å². The first-order valence-corrected chi connectivity index (χ1v) is 12.4. The van der Waals surface area contributed by atoms with Gasteiger partial charge < -0.3 is 14.4 Å². The molecule has 4 aromatic carbocycles. The van der Waals surface area contributed by atoms with Crippen molar-refractivity contribution in [2.45, 2.75) is 18.2 Å². The van der Waals surface area contributed by atoms with E-state index in [-0.39, 0.29) is 12.5 Å². The van der Waals surface area contributed by atoms with E-state index in [0.29, 0.717) is 6.61 Å². The Balaban J connectivity index is 1.64. The highest BCUT2D eigenvalue weighted by Gasteiger charge is 2.61. The van der Waals surface area contributed by atoms with Crippen molar-refractivity contribution in [2.75, 3.05) is 13.7 Å². The van der Waals surface area contributed by atoms with Crippen molar-refractivity contribution >= 4 is 11.9 Å². The standard InChI is InChI=1S/C32H29NO4/c1-36-31(35)29-28(23-37-22-24-14-6-2-7-15-24)33(30(29)34)32(25-16-8-3-9-17-25,26-18-10-4-11-19-26)27-20-12-5-13-21-27/h2-21,28-29H,22-23H2,1H3/t28-,29-/m1/s1. The van der Waals surface area contributed by atoms with Crippen LogP contribution in [0.5, 0.6) is 0 Å². The Kier molecular flexibility index (Phi) is 7.15. The average molecular weight is 492 g/mol. The fraction of sp³-hybridized carbons (Fsp3) is 0.188. The molecule has 1 amide bonds. The fourth-order valence-corrected chi connectivity index (χ4v) is 5.34. The van der Waals surface area contributed by atoms with Crippen LogP contribution >= 0.6 is 0 Å². The molecule has 37 heavy (non-hydrogen) atoms. The highest BCUT2D eigenvalue weighted by molar-refractivity contribution is 6.04. The molecule has 1 heterocycles. The van der Waals surface area contributed by atoms with E-state index in [4.69, 9.17) is 9.47 Å². The molecule has 0 N–H and O–H groups in total. The van der Waals surface area contributed by atoms with E-state index in [9.17, 15) is 9.59 Å². The number of ether oxygens (including phenoxy) is 2. The second-order valence-corrected chi connectivity index (χ2v) is 9.09. The van der Waals surface area contributed by atoms with Crippen LogP contribution in [-0.4, -0.2) is 36.5 Å². The number of benzene rings is 4. The summed E-state index contributed by atoms with van der Waals surface area (Å²) in [5.41, 5.74) is 2.84. The van der Waals surface area contributed by atoms with Crippen LogP contribution in [0.3, 0.4) is 0 Å². The summed E-state index contributed by atoms with van der Waals surface area (Å²) in [7, 11) is 1.32. The molecule has 1 aliphatic rings. The van der Waals surface area contributed by atoms with Crippen molar-refractivity contribution in [3.8, 4) is 0 Å². The van der Waals surface area contributed by atoms with Crippen LogP contribution in [0.4, 0.5) is 0 Å². The van der Waals surface area contributed by atoms with Crippen LogP contribution < -0.4 is 0 Å². The van der Waals surface area contributed by atoms with Crippen molar-refractivity contribution in [1.82, 2.24) is 4.90 Å². The number of nitrogens with zero attached hydrogens (tertiary/aromatic N) is 1. The molecule has 5 rings (SSSR count). The zero-order valence-electron chi connectivity index (χ0n) is 20.7. The highest BCUT2D eigenvalue weighted by Crippen LogP contribution is 2.49. The van der Waals surface area contributed by atoms with Gasteiger partial charge in [0.15, 0.2) is 5.92 Å². The lowest BCUT2D eigenvalue weighted by atomic mass is 9.70. The molecule has 0 aromatic heterocycles. The summed E-state index contributed by atoms with van der Waals surface area (Å²) in [6.07, 6.45) is 0. The Morgan fingerprint density at radius 2 is 1.16 bits per heavy atom. The predicted octanol–water partition coefficient (Wildman–Crippen LogP) is 5.20. The van der Waals surface area contributed by atoms with E-state index in [1.165, 1.54) is 7.11 Å². The molecular weight excluding hydrogens is 462 g/mol. The van der Waals surface area contributed by atoms with Crippen molar-refractivity contribution in [3.05, 3.63) is 144 Å². The number of hydrogen-bond donors (Lipinski definition) is 0. The number of esters is 1. The predicted molar refractivity (Wildman–Crippen MR) is 141 cm³/mol. The Morgan fingerprint density at radius 1 is 0.730 bits per heavy atom. The summed E-state index contributed by atoms with van der Waals surface area (Å²) in [5, 5.41) is 0. The minimum atomic E-state index is -0.966. The number of amides is 1. The van der Waals surface area contributed by atoms with Gasteiger partial charge in [-0.2, -0.15) is 0 Å². The van der Waals surface area contributed by atoms with Gasteiger partial charge in [0.2, 0.25) is 5.91 Å². The number of carbonyl (C=O) groups is 2. The van der Waals surface area contributed by atoms with Gasteiger partial charge in [-0.3, -0.25) is 9.59 Å². The maximum atomic E-state index is 13.9. The number of hydrogen-bond acceptors (Lipinski definition) is 4. The summed E-state index contributed by atoms with van der Waals surface area (Å²) in [5.74, 6) is -1.76. The molecule has 186 valence electrons. The van der Waals surface area contributed by atoms with Gasteiger partial charge in [-0.15, -0.1) is 0 Å². The first-order valence-electron chi connectivity index (χ1n) is 12.4.